The molecule has 1 rings (SSSR count). The van der Waals surface area contributed by atoms with Crippen LogP contribution in [0.5, 0.6) is 0 Å². The number of rotatable bonds is 7. The zero-order valence-corrected chi connectivity index (χ0v) is 11.5. The van der Waals surface area contributed by atoms with Crippen molar-refractivity contribution in [3.8, 4) is 0 Å². The third-order valence-corrected chi connectivity index (χ3v) is 3.27. The first kappa shape index (κ1) is 14.5. The number of amides is 1. The molecule has 0 bridgehead atoms. The van der Waals surface area contributed by atoms with E-state index in [0.717, 1.165) is 26.1 Å². The minimum Gasteiger partial charge on any atom is -0.355 e. The van der Waals surface area contributed by atoms with Crippen LogP contribution in [0, 0.1) is 0 Å². The molecule has 0 radical (unpaired) electrons. The lowest BCUT2D eigenvalue weighted by molar-refractivity contribution is -0.122. The van der Waals surface area contributed by atoms with Crippen LogP contribution in [-0.4, -0.2) is 49.1 Å². The Morgan fingerprint density at radius 1 is 1.53 bits per heavy atom. The summed E-state index contributed by atoms with van der Waals surface area (Å²) in [4.78, 5) is 14.0. The second kappa shape index (κ2) is 7.67. The van der Waals surface area contributed by atoms with Crippen molar-refractivity contribution >= 4 is 5.91 Å². The molecular weight excluding hydrogens is 214 g/mol. The highest BCUT2D eigenvalue weighted by Crippen LogP contribution is 2.08. The normalized spacial score (nSPS) is 20.2. The number of nitrogens with one attached hydrogen (secondary N) is 2. The van der Waals surface area contributed by atoms with Gasteiger partial charge in [-0.1, -0.05) is 6.92 Å². The summed E-state index contributed by atoms with van der Waals surface area (Å²) in [6, 6.07) is 0.987. The topological polar surface area (TPSA) is 44.4 Å². The summed E-state index contributed by atoms with van der Waals surface area (Å²) in [6.45, 7) is 9.80. The largest absolute Gasteiger partial charge is 0.355 e. The Labute approximate surface area is 105 Å². The maximum Gasteiger partial charge on any atom is 0.234 e. The summed E-state index contributed by atoms with van der Waals surface area (Å²) in [7, 11) is 0. The van der Waals surface area contributed by atoms with Crippen molar-refractivity contribution in [1.82, 2.24) is 15.5 Å². The smallest absolute Gasteiger partial charge is 0.234 e. The molecule has 0 aromatic carbocycles. The van der Waals surface area contributed by atoms with Crippen LogP contribution in [0.1, 0.15) is 40.0 Å². The third kappa shape index (κ3) is 5.50. The maximum absolute atomic E-state index is 11.7. The molecule has 1 amide bonds. The van der Waals surface area contributed by atoms with E-state index in [1.807, 2.05) is 0 Å². The van der Waals surface area contributed by atoms with Crippen LogP contribution in [0.4, 0.5) is 0 Å². The molecule has 100 valence electrons. The Balaban J connectivity index is 2.34. The second-order valence-electron chi connectivity index (χ2n) is 5.17. The molecule has 1 heterocycles. The van der Waals surface area contributed by atoms with E-state index in [0.29, 0.717) is 18.6 Å². The fraction of sp³-hybridized carbons (Fsp3) is 0.923. The summed E-state index contributed by atoms with van der Waals surface area (Å²) >= 11 is 0. The van der Waals surface area contributed by atoms with E-state index < -0.39 is 0 Å². The average molecular weight is 241 g/mol. The van der Waals surface area contributed by atoms with Gasteiger partial charge in [0, 0.05) is 25.2 Å². The molecule has 0 spiro atoms. The average Bonchev–Trinajstić information content (AvgIpc) is 2.78. The summed E-state index contributed by atoms with van der Waals surface area (Å²) in [6.07, 6.45) is 3.50. The van der Waals surface area contributed by atoms with Gasteiger partial charge in [0.2, 0.25) is 5.91 Å². The molecule has 2 N–H and O–H groups in total. The highest BCUT2D eigenvalue weighted by atomic mass is 16.2. The van der Waals surface area contributed by atoms with Gasteiger partial charge < -0.3 is 10.6 Å². The minimum atomic E-state index is 0.151. The van der Waals surface area contributed by atoms with Crippen LogP contribution in [-0.2, 0) is 4.79 Å². The molecule has 0 aromatic rings. The molecule has 0 aromatic heterocycles. The summed E-state index contributed by atoms with van der Waals surface area (Å²) < 4.78 is 0. The molecule has 4 nitrogen and oxygen atoms in total. The van der Waals surface area contributed by atoms with Crippen molar-refractivity contribution in [2.45, 2.75) is 52.1 Å². The Kier molecular flexibility index (Phi) is 6.52. The van der Waals surface area contributed by atoms with Crippen LogP contribution in [0.3, 0.4) is 0 Å². The predicted octanol–water partition coefficient (Wildman–Crippen LogP) is 0.975. The zero-order valence-electron chi connectivity index (χ0n) is 11.5. The lowest BCUT2D eigenvalue weighted by Crippen LogP contribution is -2.46. The van der Waals surface area contributed by atoms with Crippen LogP contribution in [0.15, 0.2) is 0 Å². The first-order valence-electron chi connectivity index (χ1n) is 6.87. The number of carbonyl (C=O) groups is 1. The van der Waals surface area contributed by atoms with Crippen molar-refractivity contribution < 1.29 is 4.79 Å². The van der Waals surface area contributed by atoms with Gasteiger partial charge >= 0.3 is 0 Å². The minimum absolute atomic E-state index is 0.151. The molecule has 1 aliphatic heterocycles. The van der Waals surface area contributed by atoms with E-state index in [1.54, 1.807) is 0 Å². The van der Waals surface area contributed by atoms with Crippen molar-refractivity contribution in [2.24, 2.45) is 0 Å². The first-order chi connectivity index (χ1) is 8.13. The van der Waals surface area contributed by atoms with E-state index in [4.69, 9.17) is 0 Å². The van der Waals surface area contributed by atoms with Gasteiger partial charge in [-0.3, -0.25) is 9.69 Å². The molecule has 4 heteroatoms. The van der Waals surface area contributed by atoms with E-state index >= 15 is 0 Å². The summed E-state index contributed by atoms with van der Waals surface area (Å²) in [5, 5.41) is 6.43. The van der Waals surface area contributed by atoms with Crippen LogP contribution < -0.4 is 10.6 Å². The number of nitrogens with zero attached hydrogens (tertiary/aromatic N) is 1. The molecule has 1 unspecified atom stereocenters. The molecule has 1 atom stereocenters. The van der Waals surface area contributed by atoms with Gasteiger partial charge in [-0.05, 0) is 39.7 Å². The van der Waals surface area contributed by atoms with Gasteiger partial charge in [-0.2, -0.15) is 0 Å². The molecule has 1 aliphatic rings. The fourth-order valence-electron chi connectivity index (χ4n) is 2.16. The quantitative estimate of drug-likeness (QED) is 0.698. The molecule has 1 saturated heterocycles. The van der Waals surface area contributed by atoms with Gasteiger partial charge in [-0.25, -0.2) is 0 Å². The SMILES string of the molecule is CCCNC(=O)CN(CC1CCCN1)C(C)C. The Bertz CT molecular complexity index is 225. The van der Waals surface area contributed by atoms with Crippen LogP contribution >= 0.6 is 0 Å². The zero-order chi connectivity index (χ0) is 12.7. The maximum atomic E-state index is 11.7. The molecule has 0 saturated carbocycles. The standard InChI is InChI=1S/C13H27N3O/c1-4-7-15-13(17)10-16(11(2)3)9-12-6-5-8-14-12/h11-12,14H,4-10H2,1-3H3,(H,15,17). The highest BCUT2D eigenvalue weighted by molar-refractivity contribution is 5.78. The first-order valence-corrected chi connectivity index (χ1v) is 6.87. The van der Waals surface area contributed by atoms with Gasteiger partial charge in [-0.15, -0.1) is 0 Å². The van der Waals surface area contributed by atoms with E-state index in [2.05, 4.69) is 36.3 Å². The number of carbonyl (C=O) groups excluding carboxylic acids is 1. The molecular formula is C13H27N3O. The van der Waals surface area contributed by atoms with Gasteiger partial charge in [0.05, 0.1) is 6.54 Å². The van der Waals surface area contributed by atoms with Crippen LogP contribution in [0.2, 0.25) is 0 Å². The summed E-state index contributed by atoms with van der Waals surface area (Å²) in [5.41, 5.74) is 0. The summed E-state index contributed by atoms with van der Waals surface area (Å²) in [5.74, 6) is 0.151. The molecule has 0 aliphatic carbocycles. The van der Waals surface area contributed by atoms with E-state index in [1.165, 1.54) is 12.8 Å². The number of hydrogen-bond acceptors (Lipinski definition) is 3. The monoisotopic (exact) mass is 241 g/mol. The highest BCUT2D eigenvalue weighted by Gasteiger charge is 2.21. The number of hydrogen-bond donors (Lipinski definition) is 2. The van der Waals surface area contributed by atoms with Gasteiger partial charge in [0.1, 0.15) is 0 Å². The van der Waals surface area contributed by atoms with Crippen molar-refractivity contribution in [2.75, 3.05) is 26.2 Å². The fourth-order valence-corrected chi connectivity index (χ4v) is 2.16. The van der Waals surface area contributed by atoms with Gasteiger partial charge in [0.15, 0.2) is 0 Å². The third-order valence-electron chi connectivity index (χ3n) is 3.27. The van der Waals surface area contributed by atoms with Crippen molar-refractivity contribution in [3.63, 3.8) is 0 Å². The van der Waals surface area contributed by atoms with Crippen molar-refractivity contribution in [1.29, 1.82) is 0 Å². The van der Waals surface area contributed by atoms with Gasteiger partial charge in [0.25, 0.3) is 0 Å². The second-order valence-corrected chi connectivity index (χ2v) is 5.17. The van der Waals surface area contributed by atoms with Crippen LogP contribution in [0.25, 0.3) is 0 Å². The Hall–Kier alpha value is -0.610. The van der Waals surface area contributed by atoms with E-state index in [-0.39, 0.29) is 5.91 Å². The molecule has 1 fully saturated rings. The predicted molar refractivity (Wildman–Crippen MR) is 71.0 cm³/mol. The Morgan fingerprint density at radius 2 is 2.29 bits per heavy atom. The van der Waals surface area contributed by atoms with Crippen molar-refractivity contribution in [3.05, 3.63) is 0 Å². The lowest BCUT2D eigenvalue weighted by Gasteiger charge is -2.28. The Morgan fingerprint density at radius 3 is 2.82 bits per heavy atom. The molecule has 17 heavy (non-hydrogen) atoms. The van der Waals surface area contributed by atoms with E-state index in [9.17, 15) is 4.79 Å². The lowest BCUT2D eigenvalue weighted by atomic mass is 10.2.